The SMILES string of the molecule is COc1ccc(C2CCOC2)cc1C1CCCN1. The first kappa shape index (κ1) is 12.0. The van der Waals surface area contributed by atoms with Gasteiger partial charge in [0, 0.05) is 24.1 Å². The number of hydrogen-bond acceptors (Lipinski definition) is 3. The van der Waals surface area contributed by atoms with Crippen LogP contribution in [0.1, 0.15) is 42.3 Å². The van der Waals surface area contributed by atoms with Crippen LogP contribution in [-0.2, 0) is 4.74 Å². The van der Waals surface area contributed by atoms with Crippen molar-refractivity contribution in [1.29, 1.82) is 0 Å². The third kappa shape index (κ3) is 2.25. The molecule has 0 amide bonds. The van der Waals surface area contributed by atoms with E-state index in [2.05, 4.69) is 23.5 Å². The molecule has 3 rings (SSSR count). The monoisotopic (exact) mass is 247 g/mol. The Morgan fingerprint density at radius 3 is 2.94 bits per heavy atom. The number of benzene rings is 1. The van der Waals surface area contributed by atoms with Gasteiger partial charge in [0.2, 0.25) is 0 Å². The molecule has 3 nitrogen and oxygen atoms in total. The van der Waals surface area contributed by atoms with Crippen molar-refractivity contribution in [2.24, 2.45) is 0 Å². The molecule has 98 valence electrons. The maximum absolute atomic E-state index is 5.50. The van der Waals surface area contributed by atoms with Gasteiger partial charge in [0.15, 0.2) is 0 Å². The molecule has 0 aromatic heterocycles. The molecule has 3 heteroatoms. The molecular formula is C15H21NO2. The van der Waals surface area contributed by atoms with Crippen LogP contribution in [0.25, 0.3) is 0 Å². The largest absolute Gasteiger partial charge is 0.496 e. The predicted octanol–water partition coefficient (Wildman–Crippen LogP) is 2.62. The molecule has 2 saturated heterocycles. The Labute approximate surface area is 108 Å². The summed E-state index contributed by atoms with van der Waals surface area (Å²) in [6.07, 6.45) is 3.61. The van der Waals surface area contributed by atoms with E-state index in [-0.39, 0.29) is 0 Å². The number of hydrogen-bond donors (Lipinski definition) is 1. The molecule has 2 fully saturated rings. The van der Waals surface area contributed by atoms with Crippen molar-refractivity contribution in [2.45, 2.75) is 31.2 Å². The Balaban J connectivity index is 1.90. The van der Waals surface area contributed by atoms with E-state index in [4.69, 9.17) is 9.47 Å². The Hall–Kier alpha value is -1.06. The molecule has 0 aliphatic carbocycles. The quantitative estimate of drug-likeness (QED) is 0.890. The van der Waals surface area contributed by atoms with Crippen LogP contribution in [0.4, 0.5) is 0 Å². The smallest absolute Gasteiger partial charge is 0.123 e. The van der Waals surface area contributed by atoms with Crippen LogP contribution in [0, 0.1) is 0 Å². The van der Waals surface area contributed by atoms with E-state index in [0.29, 0.717) is 12.0 Å². The fourth-order valence-corrected chi connectivity index (χ4v) is 3.03. The van der Waals surface area contributed by atoms with Crippen LogP contribution in [0.2, 0.25) is 0 Å². The van der Waals surface area contributed by atoms with Gasteiger partial charge in [0.05, 0.1) is 13.7 Å². The van der Waals surface area contributed by atoms with E-state index >= 15 is 0 Å². The number of nitrogens with one attached hydrogen (secondary N) is 1. The van der Waals surface area contributed by atoms with Crippen molar-refractivity contribution in [3.05, 3.63) is 29.3 Å². The van der Waals surface area contributed by atoms with Gasteiger partial charge in [0.25, 0.3) is 0 Å². The summed E-state index contributed by atoms with van der Waals surface area (Å²) in [6, 6.07) is 7.09. The van der Waals surface area contributed by atoms with Gasteiger partial charge >= 0.3 is 0 Å². The first-order valence-corrected chi connectivity index (χ1v) is 6.87. The number of methoxy groups -OCH3 is 1. The molecule has 2 unspecified atom stereocenters. The van der Waals surface area contributed by atoms with Crippen molar-refractivity contribution in [3.8, 4) is 5.75 Å². The molecule has 1 aromatic rings. The van der Waals surface area contributed by atoms with Gasteiger partial charge < -0.3 is 14.8 Å². The molecular weight excluding hydrogens is 226 g/mol. The van der Waals surface area contributed by atoms with Crippen LogP contribution in [0.3, 0.4) is 0 Å². The first-order valence-electron chi connectivity index (χ1n) is 6.87. The van der Waals surface area contributed by atoms with E-state index in [9.17, 15) is 0 Å². The highest BCUT2D eigenvalue weighted by atomic mass is 16.5. The van der Waals surface area contributed by atoms with Gasteiger partial charge in [-0.25, -0.2) is 0 Å². The second kappa shape index (κ2) is 5.29. The summed E-state index contributed by atoms with van der Waals surface area (Å²) in [5.41, 5.74) is 2.72. The molecule has 1 aromatic carbocycles. The summed E-state index contributed by atoms with van der Waals surface area (Å²) in [6.45, 7) is 2.88. The van der Waals surface area contributed by atoms with Crippen LogP contribution in [-0.4, -0.2) is 26.9 Å². The van der Waals surface area contributed by atoms with E-state index < -0.39 is 0 Å². The number of ether oxygens (including phenoxy) is 2. The third-order valence-electron chi connectivity index (χ3n) is 4.09. The minimum atomic E-state index is 0.460. The lowest BCUT2D eigenvalue weighted by Gasteiger charge is -2.18. The minimum absolute atomic E-state index is 0.460. The summed E-state index contributed by atoms with van der Waals surface area (Å²) in [7, 11) is 1.76. The molecule has 1 N–H and O–H groups in total. The molecule has 0 radical (unpaired) electrons. The zero-order valence-electron chi connectivity index (χ0n) is 10.9. The molecule has 2 aliphatic rings. The zero-order chi connectivity index (χ0) is 12.4. The van der Waals surface area contributed by atoms with Gasteiger partial charge in [-0.2, -0.15) is 0 Å². The van der Waals surface area contributed by atoms with E-state index in [1.165, 1.54) is 24.0 Å². The van der Waals surface area contributed by atoms with E-state index in [1.54, 1.807) is 7.11 Å². The Kier molecular flexibility index (Phi) is 3.52. The zero-order valence-corrected chi connectivity index (χ0v) is 10.9. The van der Waals surface area contributed by atoms with Gasteiger partial charge in [-0.3, -0.25) is 0 Å². The maximum Gasteiger partial charge on any atom is 0.123 e. The summed E-state index contributed by atoms with van der Waals surface area (Å²) in [5.74, 6) is 1.58. The van der Waals surface area contributed by atoms with Crippen molar-refractivity contribution in [2.75, 3.05) is 26.9 Å². The lowest BCUT2D eigenvalue weighted by atomic mass is 9.93. The normalized spacial score (nSPS) is 27.6. The van der Waals surface area contributed by atoms with E-state index in [1.807, 2.05) is 0 Å². The van der Waals surface area contributed by atoms with Crippen molar-refractivity contribution < 1.29 is 9.47 Å². The second-order valence-corrected chi connectivity index (χ2v) is 5.21. The lowest BCUT2D eigenvalue weighted by Crippen LogP contribution is -2.14. The fraction of sp³-hybridized carbons (Fsp3) is 0.600. The van der Waals surface area contributed by atoms with E-state index in [0.717, 1.165) is 31.9 Å². The highest BCUT2D eigenvalue weighted by Crippen LogP contribution is 2.35. The summed E-state index contributed by atoms with van der Waals surface area (Å²) >= 11 is 0. The standard InChI is InChI=1S/C15H21NO2/c1-17-15-5-4-11(12-6-8-18-10-12)9-13(15)14-3-2-7-16-14/h4-5,9,12,14,16H,2-3,6-8,10H2,1H3. The topological polar surface area (TPSA) is 30.5 Å². The summed E-state index contributed by atoms with van der Waals surface area (Å²) in [4.78, 5) is 0. The van der Waals surface area contributed by atoms with Gasteiger partial charge in [-0.05, 0) is 37.4 Å². The van der Waals surface area contributed by atoms with Gasteiger partial charge in [0.1, 0.15) is 5.75 Å². The Morgan fingerprint density at radius 1 is 1.33 bits per heavy atom. The maximum atomic E-state index is 5.50. The molecule has 2 atom stereocenters. The highest BCUT2D eigenvalue weighted by Gasteiger charge is 2.23. The number of rotatable bonds is 3. The Morgan fingerprint density at radius 2 is 2.28 bits per heavy atom. The van der Waals surface area contributed by atoms with Crippen molar-refractivity contribution in [3.63, 3.8) is 0 Å². The molecule has 0 spiro atoms. The molecule has 0 saturated carbocycles. The Bertz CT molecular complexity index is 407. The van der Waals surface area contributed by atoms with Crippen molar-refractivity contribution >= 4 is 0 Å². The summed E-state index contributed by atoms with van der Waals surface area (Å²) in [5, 5.41) is 3.55. The summed E-state index contributed by atoms with van der Waals surface area (Å²) < 4.78 is 11.0. The lowest BCUT2D eigenvalue weighted by molar-refractivity contribution is 0.194. The first-order chi connectivity index (χ1) is 8.88. The average molecular weight is 247 g/mol. The van der Waals surface area contributed by atoms with Gasteiger partial charge in [-0.1, -0.05) is 12.1 Å². The van der Waals surface area contributed by atoms with Crippen LogP contribution < -0.4 is 10.1 Å². The average Bonchev–Trinajstić information content (AvgIpc) is 3.11. The van der Waals surface area contributed by atoms with Crippen LogP contribution in [0.15, 0.2) is 18.2 Å². The third-order valence-corrected chi connectivity index (χ3v) is 4.09. The molecule has 2 aliphatic heterocycles. The minimum Gasteiger partial charge on any atom is -0.496 e. The molecule has 18 heavy (non-hydrogen) atoms. The van der Waals surface area contributed by atoms with Crippen molar-refractivity contribution in [1.82, 2.24) is 5.32 Å². The molecule has 2 heterocycles. The van der Waals surface area contributed by atoms with Crippen LogP contribution in [0.5, 0.6) is 5.75 Å². The second-order valence-electron chi connectivity index (χ2n) is 5.21. The predicted molar refractivity (Wildman–Crippen MR) is 71.1 cm³/mol. The highest BCUT2D eigenvalue weighted by molar-refractivity contribution is 5.41. The fourth-order valence-electron chi connectivity index (χ4n) is 3.03. The van der Waals surface area contributed by atoms with Gasteiger partial charge in [-0.15, -0.1) is 0 Å². The van der Waals surface area contributed by atoms with Crippen LogP contribution >= 0.6 is 0 Å². The molecule has 0 bridgehead atoms.